The normalized spacial score (nSPS) is 10.7. The second-order valence-corrected chi connectivity index (χ2v) is 7.24. The van der Waals surface area contributed by atoms with Gasteiger partial charge in [0.1, 0.15) is 11.6 Å². The fraction of sp³-hybridized carbons (Fsp3) is 0.0952. The number of thiazole rings is 1. The van der Waals surface area contributed by atoms with Crippen molar-refractivity contribution in [3.05, 3.63) is 78.0 Å². The predicted molar refractivity (Wildman–Crippen MR) is 111 cm³/mol. The number of rotatable bonds is 6. The van der Waals surface area contributed by atoms with Gasteiger partial charge in [-0.1, -0.05) is 29.5 Å². The summed E-state index contributed by atoms with van der Waals surface area (Å²) in [4.78, 5) is 21.2. The highest BCUT2D eigenvalue weighted by atomic mass is 32.1. The monoisotopic (exact) mass is 390 g/mol. The summed E-state index contributed by atoms with van der Waals surface area (Å²) in [6, 6.07) is 18.1. The highest BCUT2D eigenvalue weighted by molar-refractivity contribution is 7.22. The SMILES string of the molecule is O=C(NCCc1ccc(O)cc1)c1ccc2nc(Nc3ccccn3)sc2c1. The number of hydrogen-bond acceptors (Lipinski definition) is 6. The minimum absolute atomic E-state index is 0.117. The van der Waals surface area contributed by atoms with Gasteiger partial charge in [0.2, 0.25) is 0 Å². The van der Waals surface area contributed by atoms with Gasteiger partial charge in [-0.3, -0.25) is 4.79 Å². The van der Waals surface area contributed by atoms with E-state index in [0.29, 0.717) is 18.5 Å². The molecular weight excluding hydrogens is 372 g/mol. The molecule has 0 atom stereocenters. The first-order chi connectivity index (χ1) is 13.7. The summed E-state index contributed by atoms with van der Waals surface area (Å²) in [5.74, 6) is 0.851. The van der Waals surface area contributed by atoms with E-state index in [1.807, 2.05) is 42.5 Å². The number of carbonyl (C=O) groups is 1. The zero-order chi connectivity index (χ0) is 19.3. The van der Waals surface area contributed by atoms with Crippen LogP contribution in [0.3, 0.4) is 0 Å². The number of fused-ring (bicyclic) bond motifs is 1. The van der Waals surface area contributed by atoms with Crippen molar-refractivity contribution in [2.45, 2.75) is 6.42 Å². The quantitative estimate of drug-likeness (QED) is 0.461. The zero-order valence-electron chi connectivity index (χ0n) is 14.9. The van der Waals surface area contributed by atoms with Gasteiger partial charge >= 0.3 is 0 Å². The number of aromatic nitrogens is 2. The van der Waals surface area contributed by atoms with Gasteiger partial charge < -0.3 is 15.7 Å². The number of nitrogens with zero attached hydrogens (tertiary/aromatic N) is 2. The molecule has 2 aromatic carbocycles. The third-order valence-corrected chi connectivity index (χ3v) is 5.12. The van der Waals surface area contributed by atoms with Crippen LogP contribution in [0.25, 0.3) is 10.2 Å². The first-order valence-electron chi connectivity index (χ1n) is 8.82. The maximum atomic E-state index is 12.4. The molecule has 7 heteroatoms. The largest absolute Gasteiger partial charge is 0.508 e. The third kappa shape index (κ3) is 4.27. The van der Waals surface area contributed by atoms with Gasteiger partial charge in [-0.15, -0.1) is 0 Å². The number of carbonyl (C=O) groups excluding carboxylic acids is 1. The van der Waals surface area contributed by atoms with Gasteiger partial charge in [-0.05, 0) is 54.4 Å². The summed E-state index contributed by atoms with van der Waals surface area (Å²) >= 11 is 1.48. The molecule has 1 amide bonds. The first-order valence-corrected chi connectivity index (χ1v) is 9.64. The van der Waals surface area contributed by atoms with Gasteiger partial charge in [0, 0.05) is 18.3 Å². The lowest BCUT2D eigenvalue weighted by atomic mass is 10.1. The molecule has 0 spiro atoms. The molecule has 0 saturated heterocycles. The van der Waals surface area contributed by atoms with Crippen LogP contribution < -0.4 is 10.6 Å². The molecule has 0 bridgehead atoms. The highest BCUT2D eigenvalue weighted by Crippen LogP contribution is 2.28. The van der Waals surface area contributed by atoms with E-state index in [9.17, 15) is 9.90 Å². The summed E-state index contributed by atoms with van der Waals surface area (Å²) in [7, 11) is 0. The van der Waals surface area contributed by atoms with E-state index >= 15 is 0 Å². The van der Waals surface area contributed by atoms with Crippen LogP contribution in [0.15, 0.2) is 66.9 Å². The Morgan fingerprint density at radius 3 is 2.71 bits per heavy atom. The van der Waals surface area contributed by atoms with Gasteiger partial charge in [-0.25, -0.2) is 9.97 Å². The lowest BCUT2D eigenvalue weighted by Gasteiger charge is -2.05. The summed E-state index contributed by atoms with van der Waals surface area (Å²) in [6.45, 7) is 0.525. The Morgan fingerprint density at radius 1 is 1.07 bits per heavy atom. The Kier molecular flexibility index (Phi) is 5.16. The van der Waals surface area contributed by atoms with E-state index in [4.69, 9.17) is 0 Å². The van der Waals surface area contributed by atoms with Crippen molar-refractivity contribution in [3.8, 4) is 5.75 Å². The smallest absolute Gasteiger partial charge is 0.251 e. The van der Waals surface area contributed by atoms with Crippen LogP contribution in [0.1, 0.15) is 15.9 Å². The Morgan fingerprint density at radius 2 is 1.93 bits per heavy atom. The lowest BCUT2D eigenvalue weighted by Crippen LogP contribution is -2.25. The number of aromatic hydroxyl groups is 1. The molecular formula is C21H18N4O2S. The first kappa shape index (κ1) is 17.9. The zero-order valence-corrected chi connectivity index (χ0v) is 15.7. The van der Waals surface area contributed by atoms with Crippen LogP contribution in [-0.2, 0) is 6.42 Å². The van der Waals surface area contributed by atoms with E-state index < -0.39 is 0 Å². The van der Waals surface area contributed by atoms with E-state index in [-0.39, 0.29) is 11.7 Å². The number of phenols is 1. The van der Waals surface area contributed by atoms with Gasteiger partial charge in [0.15, 0.2) is 5.13 Å². The average Bonchev–Trinajstić information content (AvgIpc) is 3.11. The van der Waals surface area contributed by atoms with E-state index in [1.165, 1.54) is 11.3 Å². The molecule has 6 nitrogen and oxygen atoms in total. The molecule has 0 aliphatic rings. The molecule has 0 aliphatic carbocycles. The fourth-order valence-corrected chi connectivity index (χ4v) is 3.66. The van der Waals surface area contributed by atoms with Gasteiger partial charge in [0.25, 0.3) is 5.91 Å². The number of pyridine rings is 1. The van der Waals surface area contributed by atoms with Crippen molar-refractivity contribution in [1.82, 2.24) is 15.3 Å². The molecule has 3 N–H and O–H groups in total. The number of anilines is 2. The Balaban J connectivity index is 1.40. The lowest BCUT2D eigenvalue weighted by molar-refractivity contribution is 0.0954. The second kappa shape index (κ2) is 8.06. The minimum atomic E-state index is -0.117. The summed E-state index contributed by atoms with van der Waals surface area (Å²) < 4.78 is 0.935. The molecule has 0 saturated carbocycles. The molecule has 0 radical (unpaired) electrons. The van der Waals surface area contributed by atoms with Crippen molar-refractivity contribution in [2.24, 2.45) is 0 Å². The Labute approximate surface area is 165 Å². The molecule has 0 unspecified atom stereocenters. The van der Waals surface area contributed by atoms with Crippen LogP contribution in [0.5, 0.6) is 5.75 Å². The van der Waals surface area contributed by atoms with E-state index in [1.54, 1.807) is 24.4 Å². The fourth-order valence-electron chi connectivity index (χ4n) is 2.75. The molecule has 28 heavy (non-hydrogen) atoms. The molecule has 4 aromatic rings. The topological polar surface area (TPSA) is 87.1 Å². The molecule has 2 aromatic heterocycles. The predicted octanol–water partition coefficient (Wildman–Crippen LogP) is 4.11. The summed E-state index contributed by atoms with van der Waals surface area (Å²) in [6.07, 6.45) is 2.42. The third-order valence-electron chi connectivity index (χ3n) is 4.19. The maximum Gasteiger partial charge on any atom is 0.251 e. The Bertz CT molecular complexity index is 1090. The van der Waals surface area contributed by atoms with Crippen LogP contribution in [0, 0.1) is 0 Å². The molecule has 0 aliphatic heterocycles. The van der Waals surface area contributed by atoms with E-state index in [2.05, 4.69) is 20.6 Å². The van der Waals surface area contributed by atoms with Crippen molar-refractivity contribution in [1.29, 1.82) is 0 Å². The number of nitrogens with one attached hydrogen (secondary N) is 2. The molecule has 4 rings (SSSR count). The van der Waals surface area contributed by atoms with Crippen molar-refractivity contribution >= 4 is 38.4 Å². The molecule has 2 heterocycles. The molecule has 0 fully saturated rings. The summed E-state index contributed by atoms with van der Waals surface area (Å²) in [5, 5.41) is 16.1. The van der Waals surface area contributed by atoms with Crippen molar-refractivity contribution in [3.63, 3.8) is 0 Å². The maximum absolute atomic E-state index is 12.4. The van der Waals surface area contributed by atoms with Gasteiger partial charge in [-0.2, -0.15) is 0 Å². The van der Waals surface area contributed by atoms with E-state index in [0.717, 1.165) is 26.7 Å². The highest BCUT2D eigenvalue weighted by Gasteiger charge is 2.10. The standard InChI is InChI=1S/C21H18N4O2S/c26-16-7-4-14(5-8-16)10-12-23-20(27)15-6-9-17-18(13-15)28-21(24-17)25-19-3-1-2-11-22-19/h1-9,11,13,26H,10,12H2,(H,23,27)(H,22,24,25). The number of amides is 1. The minimum Gasteiger partial charge on any atom is -0.508 e. The Hall–Kier alpha value is -3.45. The average molecular weight is 390 g/mol. The van der Waals surface area contributed by atoms with Crippen molar-refractivity contribution < 1.29 is 9.90 Å². The number of benzene rings is 2. The van der Waals surface area contributed by atoms with Crippen LogP contribution >= 0.6 is 11.3 Å². The van der Waals surface area contributed by atoms with Crippen LogP contribution in [0.2, 0.25) is 0 Å². The van der Waals surface area contributed by atoms with Gasteiger partial charge in [0.05, 0.1) is 10.2 Å². The number of hydrogen-bond donors (Lipinski definition) is 3. The van der Waals surface area contributed by atoms with Crippen molar-refractivity contribution in [2.75, 3.05) is 11.9 Å². The molecule has 140 valence electrons. The second-order valence-electron chi connectivity index (χ2n) is 6.21. The number of phenolic OH excluding ortho intramolecular Hbond substituents is 1. The van der Waals surface area contributed by atoms with Crippen LogP contribution in [0.4, 0.5) is 10.9 Å². The summed E-state index contributed by atoms with van der Waals surface area (Å²) in [5.41, 5.74) is 2.50. The van der Waals surface area contributed by atoms with Crippen LogP contribution in [-0.4, -0.2) is 27.5 Å².